The maximum Gasteiger partial charge on any atom is 0.240 e. The number of carbonyl (C=O) groups is 1. The maximum absolute atomic E-state index is 12.1. The molecule has 4 aliphatic carbocycles. The van der Waals surface area contributed by atoms with Gasteiger partial charge in [0.1, 0.15) is 0 Å². The van der Waals surface area contributed by atoms with Gasteiger partial charge in [0.25, 0.3) is 0 Å². The van der Waals surface area contributed by atoms with Crippen LogP contribution in [0, 0.1) is 22.7 Å². The van der Waals surface area contributed by atoms with Crippen LogP contribution in [-0.4, -0.2) is 5.91 Å². The van der Waals surface area contributed by atoms with E-state index in [0.717, 1.165) is 31.1 Å². The summed E-state index contributed by atoms with van der Waals surface area (Å²) in [6.45, 7) is 2.29. The van der Waals surface area contributed by atoms with E-state index in [2.05, 4.69) is 12.3 Å². The monoisotopic (exact) mass is 222 g/mol. The number of hydrazine groups is 1. The predicted molar refractivity (Wildman–Crippen MR) is 62.2 cm³/mol. The maximum atomic E-state index is 12.1. The molecule has 4 bridgehead atoms. The zero-order chi connectivity index (χ0) is 11.4. The summed E-state index contributed by atoms with van der Waals surface area (Å²) in [5, 5.41) is 0. The fourth-order valence-electron chi connectivity index (χ4n) is 5.28. The molecule has 0 spiro atoms. The van der Waals surface area contributed by atoms with Crippen molar-refractivity contribution in [2.45, 2.75) is 51.9 Å². The largest absolute Gasteiger partial charge is 0.294 e. The van der Waals surface area contributed by atoms with Crippen LogP contribution in [0.3, 0.4) is 0 Å². The Morgan fingerprint density at radius 1 is 1.31 bits per heavy atom. The van der Waals surface area contributed by atoms with Crippen LogP contribution in [0.5, 0.6) is 0 Å². The Hall–Kier alpha value is -0.570. The smallest absolute Gasteiger partial charge is 0.240 e. The Morgan fingerprint density at radius 2 is 1.94 bits per heavy atom. The molecule has 0 unspecified atom stereocenters. The van der Waals surface area contributed by atoms with Gasteiger partial charge in [-0.15, -0.1) is 0 Å². The summed E-state index contributed by atoms with van der Waals surface area (Å²) in [6.07, 6.45) is 8.59. The second kappa shape index (κ2) is 3.22. The molecule has 3 heteroatoms. The minimum absolute atomic E-state index is 0.102. The third-order valence-electron chi connectivity index (χ3n) is 5.55. The molecular weight excluding hydrogens is 200 g/mol. The molecule has 0 aromatic carbocycles. The highest BCUT2D eigenvalue weighted by atomic mass is 16.2. The van der Waals surface area contributed by atoms with Gasteiger partial charge in [-0.25, -0.2) is 5.84 Å². The lowest BCUT2D eigenvalue weighted by atomic mass is 9.43. The van der Waals surface area contributed by atoms with E-state index in [0.29, 0.717) is 5.41 Å². The lowest BCUT2D eigenvalue weighted by Gasteiger charge is -2.61. The molecule has 4 rings (SSSR count). The Bertz CT molecular complexity index is 312. The SMILES string of the molecule is CCC12C[C@H]3C[C@H](C1)CC(C(=O)NN)(C3)C2. The van der Waals surface area contributed by atoms with Crippen LogP contribution in [0.1, 0.15) is 51.9 Å². The van der Waals surface area contributed by atoms with Crippen molar-refractivity contribution in [1.29, 1.82) is 0 Å². The van der Waals surface area contributed by atoms with Gasteiger partial charge in [0, 0.05) is 0 Å². The van der Waals surface area contributed by atoms with E-state index in [-0.39, 0.29) is 11.3 Å². The molecule has 1 amide bonds. The van der Waals surface area contributed by atoms with Crippen LogP contribution in [0.25, 0.3) is 0 Å². The molecule has 16 heavy (non-hydrogen) atoms. The minimum Gasteiger partial charge on any atom is -0.294 e. The summed E-state index contributed by atoms with van der Waals surface area (Å²) in [5.41, 5.74) is 2.79. The first-order valence-corrected chi connectivity index (χ1v) is 6.62. The van der Waals surface area contributed by atoms with Crippen molar-refractivity contribution in [3.8, 4) is 0 Å². The van der Waals surface area contributed by atoms with Gasteiger partial charge in [-0.3, -0.25) is 10.2 Å². The Kier molecular flexibility index (Phi) is 2.13. The fraction of sp³-hybridized carbons (Fsp3) is 0.923. The van der Waals surface area contributed by atoms with Crippen molar-refractivity contribution >= 4 is 5.91 Å². The Balaban J connectivity index is 1.95. The van der Waals surface area contributed by atoms with Gasteiger partial charge >= 0.3 is 0 Å². The number of rotatable bonds is 2. The summed E-state index contributed by atoms with van der Waals surface area (Å²) in [5.74, 6) is 7.07. The summed E-state index contributed by atoms with van der Waals surface area (Å²) < 4.78 is 0. The van der Waals surface area contributed by atoms with Crippen LogP contribution in [0.4, 0.5) is 0 Å². The number of amides is 1. The summed E-state index contributed by atoms with van der Waals surface area (Å²) >= 11 is 0. The van der Waals surface area contributed by atoms with Crippen molar-refractivity contribution in [2.24, 2.45) is 28.5 Å². The molecule has 0 radical (unpaired) electrons. The van der Waals surface area contributed by atoms with E-state index in [4.69, 9.17) is 5.84 Å². The van der Waals surface area contributed by atoms with Crippen molar-refractivity contribution in [1.82, 2.24) is 5.43 Å². The highest BCUT2D eigenvalue weighted by molar-refractivity contribution is 5.82. The normalized spacial score (nSPS) is 49.4. The van der Waals surface area contributed by atoms with Gasteiger partial charge in [0.15, 0.2) is 0 Å². The lowest BCUT2D eigenvalue weighted by Crippen LogP contribution is -2.58. The quantitative estimate of drug-likeness (QED) is 0.426. The first-order valence-electron chi connectivity index (χ1n) is 6.62. The molecule has 0 heterocycles. The second-order valence-electron chi connectivity index (χ2n) is 6.57. The van der Waals surface area contributed by atoms with Crippen LogP contribution < -0.4 is 11.3 Å². The molecular formula is C13H22N2O. The highest BCUT2D eigenvalue weighted by Gasteiger charge is 2.59. The molecule has 4 aliphatic rings. The zero-order valence-electron chi connectivity index (χ0n) is 10.1. The molecule has 0 aliphatic heterocycles. The zero-order valence-corrected chi connectivity index (χ0v) is 10.1. The Labute approximate surface area is 97.1 Å². The topological polar surface area (TPSA) is 55.1 Å². The van der Waals surface area contributed by atoms with E-state index in [1.807, 2.05) is 0 Å². The molecule has 0 aromatic heterocycles. The van der Waals surface area contributed by atoms with Gasteiger partial charge in [0.05, 0.1) is 5.41 Å². The van der Waals surface area contributed by atoms with Crippen molar-refractivity contribution in [3.63, 3.8) is 0 Å². The third kappa shape index (κ3) is 1.27. The van der Waals surface area contributed by atoms with Gasteiger partial charge in [-0.05, 0) is 55.8 Å². The number of hydrogen-bond acceptors (Lipinski definition) is 2. The lowest BCUT2D eigenvalue weighted by molar-refractivity contribution is -0.157. The fourth-order valence-corrected chi connectivity index (χ4v) is 5.28. The standard InChI is InChI=1S/C13H22N2O/c1-2-12-4-9-3-10(5-12)7-13(6-9,8-12)11(16)15-14/h9-10H,2-8,14H2,1H3,(H,15,16)/t9-,10-,12?,13?/m1/s1. The number of hydrogen-bond donors (Lipinski definition) is 2. The minimum atomic E-state index is -0.102. The van der Waals surface area contributed by atoms with Gasteiger partial charge < -0.3 is 0 Å². The summed E-state index contributed by atoms with van der Waals surface area (Å²) in [4.78, 5) is 12.1. The van der Waals surface area contributed by atoms with Gasteiger partial charge in [-0.2, -0.15) is 0 Å². The van der Waals surface area contributed by atoms with Crippen molar-refractivity contribution in [2.75, 3.05) is 0 Å². The van der Waals surface area contributed by atoms with Crippen LogP contribution in [0.2, 0.25) is 0 Å². The molecule has 2 atom stereocenters. The van der Waals surface area contributed by atoms with Crippen LogP contribution >= 0.6 is 0 Å². The first-order chi connectivity index (χ1) is 7.61. The molecule has 0 saturated heterocycles. The molecule has 3 nitrogen and oxygen atoms in total. The third-order valence-corrected chi connectivity index (χ3v) is 5.55. The van der Waals surface area contributed by atoms with E-state index in [1.165, 1.54) is 25.7 Å². The predicted octanol–water partition coefficient (Wildman–Crippen LogP) is 1.97. The first kappa shape index (κ1) is 10.6. The van der Waals surface area contributed by atoms with E-state index in [1.54, 1.807) is 0 Å². The van der Waals surface area contributed by atoms with Crippen molar-refractivity contribution in [3.05, 3.63) is 0 Å². The van der Waals surface area contributed by atoms with Crippen LogP contribution in [0.15, 0.2) is 0 Å². The Morgan fingerprint density at radius 3 is 2.44 bits per heavy atom. The molecule has 4 fully saturated rings. The molecule has 4 saturated carbocycles. The number of nitrogens with two attached hydrogens (primary N) is 1. The van der Waals surface area contributed by atoms with E-state index in [9.17, 15) is 4.79 Å². The molecule has 90 valence electrons. The van der Waals surface area contributed by atoms with Gasteiger partial charge in [-0.1, -0.05) is 13.3 Å². The van der Waals surface area contributed by atoms with Crippen LogP contribution in [-0.2, 0) is 4.79 Å². The molecule has 0 aromatic rings. The average molecular weight is 222 g/mol. The van der Waals surface area contributed by atoms with E-state index < -0.39 is 0 Å². The van der Waals surface area contributed by atoms with E-state index >= 15 is 0 Å². The summed E-state index contributed by atoms with van der Waals surface area (Å²) in [6, 6.07) is 0. The number of nitrogens with one attached hydrogen (secondary N) is 1. The van der Waals surface area contributed by atoms with Gasteiger partial charge in [0.2, 0.25) is 5.91 Å². The summed E-state index contributed by atoms with van der Waals surface area (Å²) in [7, 11) is 0. The van der Waals surface area contributed by atoms with Crippen molar-refractivity contribution < 1.29 is 4.79 Å². The second-order valence-corrected chi connectivity index (χ2v) is 6.57. The number of carbonyl (C=O) groups excluding carboxylic acids is 1. The average Bonchev–Trinajstić information content (AvgIpc) is 2.26. The highest BCUT2D eigenvalue weighted by Crippen LogP contribution is 2.66. The molecule has 3 N–H and O–H groups in total.